The minimum atomic E-state index is -0.177. The number of benzene rings is 2. The molecule has 0 aromatic heterocycles. The van der Waals surface area contributed by atoms with Crippen molar-refractivity contribution in [2.24, 2.45) is 11.8 Å². The molecule has 2 aromatic carbocycles. The van der Waals surface area contributed by atoms with Gasteiger partial charge in [-0.1, -0.05) is 13.8 Å². The lowest BCUT2D eigenvalue weighted by molar-refractivity contribution is 0.0892. The normalized spacial score (nSPS) is 21.2. The molecule has 0 saturated heterocycles. The van der Waals surface area contributed by atoms with Gasteiger partial charge in [0.2, 0.25) is 25.1 Å². The Bertz CT molecular complexity index is 1030. The van der Waals surface area contributed by atoms with Crippen molar-refractivity contribution in [3.8, 4) is 45.6 Å². The van der Waals surface area contributed by atoms with E-state index in [9.17, 15) is 4.79 Å². The summed E-state index contributed by atoms with van der Waals surface area (Å²) in [4.78, 5) is 13.5. The zero-order valence-electron chi connectivity index (χ0n) is 16.8. The molecule has 0 bridgehead atoms. The summed E-state index contributed by atoms with van der Waals surface area (Å²) in [6.07, 6.45) is 0.687. The van der Waals surface area contributed by atoms with Crippen LogP contribution in [0, 0.1) is 11.8 Å². The predicted octanol–water partition coefficient (Wildman–Crippen LogP) is 3.84. The summed E-state index contributed by atoms with van der Waals surface area (Å²) in [5.74, 6) is 3.15. The Morgan fingerprint density at radius 1 is 0.862 bits per heavy atom. The number of fused-ring (bicyclic) bond motifs is 5. The number of hydrogen-bond donors (Lipinski definition) is 0. The molecule has 2 atom stereocenters. The Labute approximate surface area is 168 Å². The van der Waals surface area contributed by atoms with Gasteiger partial charge in [0.25, 0.3) is 0 Å². The van der Waals surface area contributed by atoms with E-state index in [2.05, 4.69) is 6.92 Å². The largest absolute Gasteiger partial charge is 0.492 e. The predicted molar refractivity (Wildman–Crippen MR) is 104 cm³/mol. The monoisotopic (exact) mass is 398 g/mol. The number of carbonyl (C=O) groups excluding carboxylic acids is 1. The highest BCUT2D eigenvalue weighted by molar-refractivity contribution is 6.08. The maximum absolute atomic E-state index is 13.5. The molecule has 3 aliphatic rings. The molecule has 2 heterocycles. The molecule has 5 rings (SSSR count). The van der Waals surface area contributed by atoms with Crippen LogP contribution in [0.25, 0.3) is 11.1 Å². The first-order valence-electron chi connectivity index (χ1n) is 9.59. The van der Waals surface area contributed by atoms with Gasteiger partial charge in [-0.3, -0.25) is 4.79 Å². The van der Waals surface area contributed by atoms with Crippen molar-refractivity contribution in [3.63, 3.8) is 0 Å². The van der Waals surface area contributed by atoms with E-state index in [-0.39, 0.29) is 31.2 Å². The van der Waals surface area contributed by atoms with Gasteiger partial charge in [-0.15, -0.1) is 0 Å². The number of hydrogen-bond acceptors (Lipinski definition) is 7. The first-order chi connectivity index (χ1) is 14.0. The topological polar surface area (TPSA) is 72.5 Å². The third-order valence-corrected chi connectivity index (χ3v) is 6.05. The van der Waals surface area contributed by atoms with E-state index < -0.39 is 0 Å². The Balaban J connectivity index is 1.92. The minimum absolute atomic E-state index is 0.0365. The molecule has 0 saturated carbocycles. The van der Waals surface area contributed by atoms with E-state index in [1.165, 1.54) is 0 Å². The van der Waals surface area contributed by atoms with Crippen molar-refractivity contribution < 1.29 is 33.2 Å². The van der Waals surface area contributed by atoms with Gasteiger partial charge in [0, 0.05) is 22.6 Å². The Morgan fingerprint density at radius 3 is 2.07 bits per heavy atom. The third-order valence-electron chi connectivity index (χ3n) is 6.05. The Kier molecular flexibility index (Phi) is 4.01. The SMILES string of the molecule is COc1c2c(cc3c1-c1c(cc4c(c1OC)OCO4)C(=O)[C@H](C)[C@H](C)C3)OCO2. The van der Waals surface area contributed by atoms with E-state index in [1.54, 1.807) is 20.3 Å². The van der Waals surface area contributed by atoms with Crippen LogP contribution < -0.4 is 28.4 Å². The average molecular weight is 398 g/mol. The van der Waals surface area contributed by atoms with Gasteiger partial charge in [0.15, 0.2) is 28.8 Å². The molecular formula is C22H22O7. The van der Waals surface area contributed by atoms with Crippen LogP contribution in [0.5, 0.6) is 34.5 Å². The van der Waals surface area contributed by atoms with Crippen LogP contribution in [0.4, 0.5) is 0 Å². The molecule has 1 aliphatic carbocycles. The molecular weight excluding hydrogens is 376 g/mol. The van der Waals surface area contributed by atoms with Crippen molar-refractivity contribution in [2.75, 3.05) is 27.8 Å². The first kappa shape index (κ1) is 18.0. The van der Waals surface area contributed by atoms with Gasteiger partial charge in [-0.05, 0) is 30.0 Å². The molecule has 0 fully saturated rings. The molecule has 7 nitrogen and oxygen atoms in total. The van der Waals surface area contributed by atoms with Crippen LogP contribution in [0.3, 0.4) is 0 Å². The van der Waals surface area contributed by atoms with Gasteiger partial charge in [0.05, 0.1) is 14.2 Å². The summed E-state index contributed by atoms with van der Waals surface area (Å²) >= 11 is 0. The number of methoxy groups -OCH3 is 2. The molecule has 0 spiro atoms. The Morgan fingerprint density at radius 2 is 1.45 bits per heavy atom. The lowest BCUT2D eigenvalue weighted by Gasteiger charge is -2.28. The third kappa shape index (κ3) is 2.46. The van der Waals surface area contributed by atoms with Crippen molar-refractivity contribution >= 4 is 5.78 Å². The summed E-state index contributed by atoms with van der Waals surface area (Å²) in [7, 11) is 3.15. The fraction of sp³-hybridized carbons (Fsp3) is 0.409. The second kappa shape index (κ2) is 6.47. The van der Waals surface area contributed by atoms with Gasteiger partial charge in [0.1, 0.15) is 0 Å². The van der Waals surface area contributed by atoms with Gasteiger partial charge in [-0.2, -0.15) is 0 Å². The zero-order valence-corrected chi connectivity index (χ0v) is 16.8. The van der Waals surface area contributed by atoms with Gasteiger partial charge < -0.3 is 28.4 Å². The van der Waals surface area contributed by atoms with E-state index >= 15 is 0 Å². The lowest BCUT2D eigenvalue weighted by atomic mass is 9.77. The van der Waals surface area contributed by atoms with Gasteiger partial charge >= 0.3 is 0 Å². The Hall–Kier alpha value is -3.09. The maximum atomic E-state index is 13.5. The molecule has 7 heteroatoms. The molecule has 0 radical (unpaired) electrons. The standard InChI is InChI=1S/C22H22O7/c1-10-5-12-6-14-19(28-8-26-14)21(24-3)16(12)17-13(18(23)11(10)2)7-15-20(22(17)25-4)29-9-27-15/h6-7,10-11H,5,8-9H2,1-4H3/t10-,11-/m1/s1. The summed E-state index contributed by atoms with van der Waals surface area (Å²) in [6, 6.07) is 3.73. The number of ether oxygens (including phenoxy) is 6. The van der Waals surface area contributed by atoms with Crippen LogP contribution in [0.2, 0.25) is 0 Å². The molecule has 29 heavy (non-hydrogen) atoms. The zero-order chi connectivity index (χ0) is 20.3. The van der Waals surface area contributed by atoms with Crippen molar-refractivity contribution in [3.05, 3.63) is 23.3 Å². The molecule has 2 aliphatic heterocycles. The second-order valence-electron chi connectivity index (χ2n) is 7.58. The van der Waals surface area contributed by atoms with Crippen LogP contribution in [0.15, 0.2) is 12.1 Å². The summed E-state index contributed by atoms with van der Waals surface area (Å²) in [5.41, 5.74) is 2.96. The summed E-state index contributed by atoms with van der Waals surface area (Å²) in [6.45, 7) is 4.26. The highest BCUT2D eigenvalue weighted by atomic mass is 16.7. The van der Waals surface area contributed by atoms with Crippen LogP contribution >= 0.6 is 0 Å². The minimum Gasteiger partial charge on any atom is -0.492 e. The molecule has 0 amide bonds. The van der Waals surface area contributed by atoms with Crippen molar-refractivity contribution in [1.82, 2.24) is 0 Å². The molecule has 0 N–H and O–H groups in total. The molecule has 2 aromatic rings. The highest BCUT2D eigenvalue weighted by Crippen LogP contribution is 2.57. The molecule has 0 unspecified atom stereocenters. The van der Waals surface area contributed by atoms with Crippen LogP contribution in [0.1, 0.15) is 29.8 Å². The fourth-order valence-electron chi connectivity index (χ4n) is 4.37. The number of carbonyl (C=O) groups is 1. The van der Waals surface area contributed by atoms with Crippen LogP contribution in [-0.2, 0) is 6.42 Å². The van der Waals surface area contributed by atoms with Crippen molar-refractivity contribution in [1.29, 1.82) is 0 Å². The molecule has 152 valence electrons. The van der Waals surface area contributed by atoms with E-state index in [0.717, 1.165) is 11.1 Å². The number of rotatable bonds is 2. The first-order valence-corrected chi connectivity index (χ1v) is 9.59. The smallest absolute Gasteiger partial charge is 0.231 e. The second-order valence-corrected chi connectivity index (χ2v) is 7.58. The van der Waals surface area contributed by atoms with E-state index in [4.69, 9.17) is 28.4 Å². The fourth-order valence-corrected chi connectivity index (χ4v) is 4.37. The van der Waals surface area contributed by atoms with Gasteiger partial charge in [-0.25, -0.2) is 0 Å². The van der Waals surface area contributed by atoms with E-state index in [1.807, 2.05) is 13.0 Å². The lowest BCUT2D eigenvalue weighted by Crippen LogP contribution is -2.24. The van der Waals surface area contributed by atoms with Crippen molar-refractivity contribution in [2.45, 2.75) is 20.3 Å². The quantitative estimate of drug-likeness (QED) is 0.761. The van der Waals surface area contributed by atoms with Crippen LogP contribution in [-0.4, -0.2) is 33.6 Å². The summed E-state index contributed by atoms with van der Waals surface area (Å²) in [5, 5.41) is 0. The number of Topliss-reactive ketones (excluding diaryl/α,β-unsaturated/α-hetero) is 1. The highest BCUT2D eigenvalue weighted by Gasteiger charge is 2.38. The van der Waals surface area contributed by atoms with E-state index in [0.29, 0.717) is 52.0 Å². The average Bonchev–Trinajstić information content (AvgIpc) is 3.38. The number of ketones is 1. The maximum Gasteiger partial charge on any atom is 0.231 e. The summed E-state index contributed by atoms with van der Waals surface area (Å²) < 4.78 is 34.1.